The van der Waals surface area contributed by atoms with E-state index >= 15 is 0 Å². The van der Waals surface area contributed by atoms with E-state index < -0.39 is 0 Å². The number of carbonyl (C=O) groups excluding carboxylic acids is 1. The SMILES string of the molecule is C[C@H](N[C@@H]1C[C@@H]2C[C@@H]1[C@@H]1CCC[C@@H]21)C(=O)N1CCOCC1. The highest BCUT2D eigenvalue weighted by Crippen LogP contribution is 2.58. The largest absolute Gasteiger partial charge is 0.378 e. The van der Waals surface area contributed by atoms with E-state index in [2.05, 4.69) is 12.2 Å². The molecule has 1 aliphatic heterocycles. The molecule has 3 aliphatic carbocycles. The lowest BCUT2D eigenvalue weighted by molar-refractivity contribution is -0.137. The summed E-state index contributed by atoms with van der Waals surface area (Å²) in [5.41, 5.74) is 0. The first-order valence-electron chi connectivity index (χ1n) is 8.86. The standard InChI is InChI=1S/C17H28N2O2/c1-11(17(20)19-5-7-21-8-6-19)18-16-10-12-9-15(16)14-4-2-3-13(12)14/h11-16,18H,2-10H2,1H3/t11-,12-,13-,14+,15+,16+/m0/s1. The van der Waals surface area contributed by atoms with E-state index in [0.717, 1.165) is 36.8 Å². The highest BCUT2D eigenvalue weighted by Gasteiger charge is 2.53. The summed E-state index contributed by atoms with van der Waals surface area (Å²) < 4.78 is 5.34. The molecule has 21 heavy (non-hydrogen) atoms. The molecule has 0 aromatic heterocycles. The zero-order valence-electron chi connectivity index (χ0n) is 13.1. The van der Waals surface area contributed by atoms with Gasteiger partial charge >= 0.3 is 0 Å². The number of nitrogens with zero attached hydrogens (tertiary/aromatic N) is 1. The monoisotopic (exact) mass is 292 g/mol. The van der Waals surface area contributed by atoms with Crippen molar-refractivity contribution in [2.75, 3.05) is 26.3 Å². The summed E-state index contributed by atoms with van der Waals surface area (Å²) in [5.74, 6) is 4.06. The van der Waals surface area contributed by atoms with Gasteiger partial charge in [-0.3, -0.25) is 4.79 Å². The third kappa shape index (κ3) is 2.40. The molecule has 0 unspecified atom stereocenters. The topological polar surface area (TPSA) is 41.6 Å². The number of morpholine rings is 1. The van der Waals surface area contributed by atoms with E-state index in [1.54, 1.807) is 0 Å². The van der Waals surface area contributed by atoms with Crippen LogP contribution in [0.4, 0.5) is 0 Å². The van der Waals surface area contributed by atoms with E-state index in [9.17, 15) is 4.79 Å². The molecular formula is C17H28N2O2. The van der Waals surface area contributed by atoms with Crippen molar-refractivity contribution in [2.24, 2.45) is 23.7 Å². The summed E-state index contributed by atoms with van der Waals surface area (Å²) in [6, 6.07) is 0.557. The van der Waals surface area contributed by atoms with Gasteiger partial charge in [-0.2, -0.15) is 0 Å². The Bertz CT molecular complexity index is 408. The molecule has 1 heterocycles. The summed E-state index contributed by atoms with van der Waals surface area (Å²) >= 11 is 0. The Morgan fingerprint density at radius 1 is 1.14 bits per heavy atom. The number of fused-ring (bicyclic) bond motifs is 5. The molecule has 2 bridgehead atoms. The van der Waals surface area contributed by atoms with Crippen LogP contribution in [-0.4, -0.2) is 49.2 Å². The smallest absolute Gasteiger partial charge is 0.239 e. The quantitative estimate of drug-likeness (QED) is 0.860. The number of hydrogen-bond donors (Lipinski definition) is 1. The minimum atomic E-state index is -0.0349. The molecule has 0 radical (unpaired) electrons. The Morgan fingerprint density at radius 3 is 2.71 bits per heavy atom. The van der Waals surface area contributed by atoms with E-state index in [1.807, 2.05) is 4.90 Å². The second kappa shape index (κ2) is 5.54. The normalized spacial score (nSPS) is 43.1. The minimum Gasteiger partial charge on any atom is -0.378 e. The van der Waals surface area contributed by atoms with Crippen LogP contribution in [0, 0.1) is 23.7 Å². The molecule has 0 spiro atoms. The molecule has 4 nitrogen and oxygen atoms in total. The lowest BCUT2D eigenvalue weighted by Gasteiger charge is -2.35. The summed E-state index contributed by atoms with van der Waals surface area (Å²) in [5, 5.41) is 3.69. The average molecular weight is 292 g/mol. The molecule has 1 saturated heterocycles. The summed E-state index contributed by atoms with van der Waals surface area (Å²) in [7, 11) is 0. The van der Waals surface area contributed by atoms with Gasteiger partial charge in [-0.25, -0.2) is 0 Å². The van der Waals surface area contributed by atoms with Gasteiger partial charge in [0.2, 0.25) is 5.91 Å². The van der Waals surface area contributed by atoms with Crippen LogP contribution in [0.15, 0.2) is 0 Å². The van der Waals surface area contributed by atoms with Gasteiger partial charge in [-0.15, -0.1) is 0 Å². The van der Waals surface area contributed by atoms with Crippen molar-refractivity contribution in [3.8, 4) is 0 Å². The molecule has 4 aliphatic rings. The van der Waals surface area contributed by atoms with Crippen molar-refractivity contribution in [2.45, 2.75) is 51.1 Å². The minimum absolute atomic E-state index is 0.0349. The van der Waals surface area contributed by atoms with Gasteiger partial charge in [0, 0.05) is 19.1 Å². The molecule has 1 N–H and O–H groups in total. The Balaban J connectivity index is 1.35. The highest BCUT2D eigenvalue weighted by atomic mass is 16.5. The maximum Gasteiger partial charge on any atom is 0.239 e. The van der Waals surface area contributed by atoms with Crippen LogP contribution in [-0.2, 0) is 9.53 Å². The van der Waals surface area contributed by atoms with Crippen molar-refractivity contribution < 1.29 is 9.53 Å². The van der Waals surface area contributed by atoms with Crippen molar-refractivity contribution in [3.05, 3.63) is 0 Å². The van der Waals surface area contributed by atoms with Gasteiger partial charge < -0.3 is 15.0 Å². The lowest BCUT2D eigenvalue weighted by atomic mass is 9.79. The van der Waals surface area contributed by atoms with Crippen LogP contribution >= 0.6 is 0 Å². The van der Waals surface area contributed by atoms with Crippen LogP contribution in [0.25, 0.3) is 0 Å². The van der Waals surface area contributed by atoms with Crippen LogP contribution in [0.1, 0.15) is 39.0 Å². The molecule has 118 valence electrons. The fourth-order valence-electron chi connectivity index (χ4n) is 5.71. The first-order valence-corrected chi connectivity index (χ1v) is 8.86. The summed E-state index contributed by atoms with van der Waals surface area (Å²) in [4.78, 5) is 14.5. The molecule has 6 atom stereocenters. The Kier molecular flexibility index (Phi) is 3.70. The fourth-order valence-corrected chi connectivity index (χ4v) is 5.71. The Hall–Kier alpha value is -0.610. The van der Waals surface area contributed by atoms with E-state index in [4.69, 9.17) is 4.74 Å². The predicted molar refractivity (Wildman–Crippen MR) is 80.8 cm³/mol. The average Bonchev–Trinajstić information content (AvgIpc) is 3.19. The molecule has 4 heteroatoms. The molecule has 0 aromatic rings. The summed E-state index contributed by atoms with van der Waals surface area (Å²) in [6.45, 7) is 4.95. The second-order valence-electron chi connectivity index (χ2n) is 7.59. The number of hydrogen-bond acceptors (Lipinski definition) is 3. The number of ether oxygens (including phenoxy) is 1. The fraction of sp³-hybridized carbons (Fsp3) is 0.941. The maximum atomic E-state index is 12.5. The Morgan fingerprint density at radius 2 is 1.90 bits per heavy atom. The number of rotatable bonds is 3. The van der Waals surface area contributed by atoms with Gasteiger partial charge in [-0.05, 0) is 56.3 Å². The van der Waals surface area contributed by atoms with Gasteiger partial charge in [0.25, 0.3) is 0 Å². The van der Waals surface area contributed by atoms with Crippen LogP contribution in [0.3, 0.4) is 0 Å². The third-order valence-corrected chi connectivity index (χ3v) is 6.59. The Labute approximate surface area is 127 Å². The zero-order chi connectivity index (χ0) is 14.4. The van der Waals surface area contributed by atoms with Gasteiger partial charge in [0.15, 0.2) is 0 Å². The van der Waals surface area contributed by atoms with E-state index in [1.165, 1.54) is 32.1 Å². The molecular weight excluding hydrogens is 264 g/mol. The lowest BCUT2D eigenvalue weighted by Crippen LogP contribution is -2.53. The first kappa shape index (κ1) is 14.0. The second-order valence-corrected chi connectivity index (χ2v) is 7.59. The third-order valence-electron chi connectivity index (χ3n) is 6.59. The molecule has 0 aromatic carbocycles. The van der Waals surface area contributed by atoms with Crippen molar-refractivity contribution in [3.63, 3.8) is 0 Å². The maximum absolute atomic E-state index is 12.5. The summed E-state index contributed by atoms with van der Waals surface area (Å²) in [6.07, 6.45) is 7.09. The predicted octanol–water partition coefficient (Wildman–Crippen LogP) is 1.65. The van der Waals surface area contributed by atoms with Crippen molar-refractivity contribution in [1.82, 2.24) is 10.2 Å². The number of carbonyl (C=O) groups is 1. The molecule has 4 rings (SSSR count). The highest BCUT2D eigenvalue weighted by molar-refractivity contribution is 5.81. The van der Waals surface area contributed by atoms with Crippen LogP contribution in [0.5, 0.6) is 0 Å². The zero-order valence-corrected chi connectivity index (χ0v) is 13.1. The van der Waals surface area contributed by atoms with Crippen molar-refractivity contribution >= 4 is 5.91 Å². The van der Waals surface area contributed by atoms with E-state index in [-0.39, 0.29) is 11.9 Å². The van der Waals surface area contributed by atoms with Crippen LogP contribution in [0.2, 0.25) is 0 Å². The number of amides is 1. The van der Waals surface area contributed by atoms with Crippen LogP contribution < -0.4 is 5.32 Å². The van der Waals surface area contributed by atoms with E-state index in [0.29, 0.717) is 19.3 Å². The molecule has 4 fully saturated rings. The molecule has 1 amide bonds. The van der Waals surface area contributed by atoms with Gasteiger partial charge in [-0.1, -0.05) is 6.42 Å². The van der Waals surface area contributed by atoms with Gasteiger partial charge in [0.05, 0.1) is 19.3 Å². The first-order chi connectivity index (χ1) is 10.2. The number of nitrogens with one attached hydrogen (secondary N) is 1. The molecule has 3 saturated carbocycles. The van der Waals surface area contributed by atoms with Crippen molar-refractivity contribution in [1.29, 1.82) is 0 Å². The van der Waals surface area contributed by atoms with Gasteiger partial charge in [0.1, 0.15) is 0 Å².